The summed E-state index contributed by atoms with van der Waals surface area (Å²) in [5.41, 5.74) is 11.7. The minimum absolute atomic E-state index is 0.0676. The van der Waals surface area contributed by atoms with Crippen molar-refractivity contribution in [1.29, 1.82) is 0 Å². The van der Waals surface area contributed by atoms with Gasteiger partial charge in [0.15, 0.2) is 0 Å². The molecule has 2 rings (SSSR count). The second kappa shape index (κ2) is 10.5. The lowest BCUT2D eigenvalue weighted by Gasteiger charge is -2.15. The molecule has 0 spiro atoms. The molecule has 0 aliphatic carbocycles. The van der Waals surface area contributed by atoms with E-state index in [0.717, 1.165) is 29.5 Å². The smallest absolute Gasteiger partial charge is 0.238 e. The molecule has 1 unspecified atom stereocenters. The number of hydrogen-bond donors (Lipinski definition) is 3. The number of hydrogen-bond acceptors (Lipinski definition) is 4. The molecule has 7 heteroatoms. The molecule has 1 amide bonds. The van der Waals surface area contributed by atoms with Crippen molar-refractivity contribution < 1.29 is 13.2 Å². The molecular formula is C23H31N3O3S. The molecular weight excluding hydrogens is 398 g/mol. The number of amides is 1. The molecule has 6 nitrogen and oxygen atoms in total. The van der Waals surface area contributed by atoms with Gasteiger partial charge in [-0.15, -0.1) is 0 Å². The Morgan fingerprint density at radius 3 is 2.30 bits per heavy atom. The molecule has 5 N–H and O–H groups in total. The number of rotatable bonds is 10. The van der Waals surface area contributed by atoms with Gasteiger partial charge >= 0.3 is 0 Å². The largest absolute Gasteiger partial charge is 0.354 e. The van der Waals surface area contributed by atoms with Gasteiger partial charge in [-0.3, -0.25) is 4.79 Å². The van der Waals surface area contributed by atoms with E-state index in [2.05, 4.69) is 31.0 Å². The van der Waals surface area contributed by atoms with Gasteiger partial charge in [0.1, 0.15) is 0 Å². The first kappa shape index (κ1) is 23.8. The number of nitrogens with two attached hydrogens (primary N) is 2. The van der Waals surface area contributed by atoms with Crippen molar-refractivity contribution in [3.8, 4) is 0 Å². The molecule has 0 aromatic heterocycles. The Morgan fingerprint density at radius 2 is 1.73 bits per heavy atom. The summed E-state index contributed by atoms with van der Waals surface area (Å²) in [6, 6.07) is 11.9. The van der Waals surface area contributed by atoms with Crippen molar-refractivity contribution >= 4 is 15.9 Å². The predicted octanol–water partition coefficient (Wildman–Crippen LogP) is 2.24. The summed E-state index contributed by atoms with van der Waals surface area (Å²) in [5.74, 6) is -0.208. The highest BCUT2D eigenvalue weighted by atomic mass is 32.2. The predicted molar refractivity (Wildman–Crippen MR) is 121 cm³/mol. The van der Waals surface area contributed by atoms with Crippen molar-refractivity contribution in [3.63, 3.8) is 0 Å². The minimum Gasteiger partial charge on any atom is -0.354 e. The van der Waals surface area contributed by atoms with E-state index in [1.54, 1.807) is 12.1 Å². The number of carbonyl (C=O) groups excluding carboxylic acids is 1. The number of sulfonamides is 1. The number of carbonyl (C=O) groups is 1. The van der Waals surface area contributed by atoms with Crippen LogP contribution in [-0.4, -0.2) is 26.9 Å². The third kappa shape index (κ3) is 7.09. The highest BCUT2D eigenvalue weighted by molar-refractivity contribution is 7.89. The van der Waals surface area contributed by atoms with Gasteiger partial charge in [0, 0.05) is 6.54 Å². The summed E-state index contributed by atoms with van der Waals surface area (Å²) in [5, 5.41) is 7.93. The van der Waals surface area contributed by atoms with Gasteiger partial charge in [0.25, 0.3) is 0 Å². The molecule has 0 saturated heterocycles. The maximum atomic E-state index is 12.3. The van der Waals surface area contributed by atoms with Crippen LogP contribution in [0.5, 0.6) is 0 Å². The number of allylic oxidation sites excluding steroid dienone is 1. The van der Waals surface area contributed by atoms with E-state index in [0.29, 0.717) is 19.4 Å². The van der Waals surface area contributed by atoms with Crippen LogP contribution in [0.3, 0.4) is 0 Å². The average molecular weight is 430 g/mol. The first-order chi connectivity index (χ1) is 14.1. The highest BCUT2D eigenvalue weighted by Crippen LogP contribution is 2.17. The van der Waals surface area contributed by atoms with Crippen LogP contribution in [0, 0.1) is 0 Å². The summed E-state index contributed by atoms with van der Waals surface area (Å²) in [6.07, 6.45) is 2.81. The van der Waals surface area contributed by atoms with Gasteiger partial charge in [-0.2, -0.15) is 0 Å². The van der Waals surface area contributed by atoms with Gasteiger partial charge in [-0.05, 0) is 67.0 Å². The van der Waals surface area contributed by atoms with Gasteiger partial charge in [0.2, 0.25) is 15.9 Å². The van der Waals surface area contributed by atoms with Gasteiger partial charge in [-0.1, -0.05) is 49.4 Å². The monoisotopic (exact) mass is 429 g/mol. The summed E-state index contributed by atoms with van der Waals surface area (Å²) in [6.45, 7) is 8.53. The molecule has 30 heavy (non-hydrogen) atoms. The Bertz CT molecular complexity index is 999. The van der Waals surface area contributed by atoms with Gasteiger partial charge < -0.3 is 11.1 Å². The molecule has 0 heterocycles. The van der Waals surface area contributed by atoms with Crippen LogP contribution in [0.4, 0.5) is 0 Å². The van der Waals surface area contributed by atoms with Crippen LogP contribution in [0.15, 0.2) is 59.5 Å². The third-order valence-corrected chi connectivity index (χ3v) is 5.83. The van der Waals surface area contributed by atoms with Crippen molar-refractivity contribution in [2.24, 2.45) is 10.9 Å². The first-order valence-electron chi connectivity index (χ1n) is 10.00. The van der Waals surface area contributed by atoms with Crippen molar-refractivity contribution in [1.82, 2.24) is 5.32 Å². The Kier molecular flexibility index (Phi) is 8.34. The number of benzene rings is 2. The Morgan fingerprint density at radius 1 is 1.10 bits per heavy atom. The Balaban J connectivity index is 1.88. The van der Waals surface area contributed by atoms with E-state index in [-0.39, 0.29) is 10.8 Å². The molecule has 0 radical (unpaired) electrons. The van der Waals surface area contributed by atoms with Crippen LogP contribution < -0.4 is 16.2 Å². The Hall–Kier alpha value is -2.48. The third-order valence-electron chi connectivity index (χ3n) is 4.90. The van der Waals surface area contributed by atoms with Crippen LogP contribution in [0.25, 0.3) is 0 Å². The van der Waals surface area contributed by atoms with E-state index >= 15 is 0 Å². The maximum absolute atomic E-state index is 12.3. The van der Waals surface area contributed by atoms with Crippen LogP contribution in [-0.2, 0) is 40.5 Å². The van der Waals surface area contributed by atoms with Crippen LogP contribution in [0.2, 0.25) is 0 Å². The molecule has 0 aliphatic rings. The minimum atomic E-state index is -3.70. The van der Waals surface area contributed by atoms with E-state index in [9.17, 15) is 13.2 Å². The standard InChI is InChI=1S/C23H31N3O3S/c1-4-19-14-18(5-8-20(19)13-16(2)3)15-22(24)23(27)26-12-11-17-6-9-21(10-7-17)30(25,28)29/h5-10,14,22H,2,4,11-13,15,24H2,1,3H3,(H,26,27)(H2,25,28,29). The fraction of sp³-hybridized carbons (Fsp3) is 0.348. The van der Waals surface area contributed by atoms with Crippen LogP contribution in [0.1, 0.15) is 36.1 Å². The molecule has 0 aliphatic heterocycles. The molecule has 0 saturated carbocycles. The van der Waals surface area contributed by atoms with E-state index in [1.807, 2.05) is 13.0 Å². The lowest BCUT2D eigenvalue weighted by molar-refractivity contribution is -0.122. The van der Waals surface area contributed by atoms with Crippen molar-refractivity contribution in [2.75, 3.05) is 6.54 Å². The molecule has 0 fully saturated rings. The SMILES string of the molecule is C=C(C)Cc1ccc(CC(N)C(=O)NCCc2ccc(S(N)(=O)=O)cc2)cc1CC. The summed E-state index contributed by atoms with van der Waals surface area (Å²) < 4.78 is 22.6. The Labute approximate surface area is 179 Å². The molecule has 0 bridgehead atoms. The van der Waals surface area contributed by atoms with E-state index in [4.69, 9.17) is 10.9 Å². The number of aryl methyl sites for hydroxylation is 1. The summed E-state index contributed by atoms with van der Waals surface area (Å²) >= 11 is 0. The van der Waals surface area contributed by atoms with Gasteiger partial charge in [0.05, 0.1) is 10.9 Å². The molecule has 162 valence electrons. The van der Waals surface area contributed by atoms with Gasteiger partial charge in [-0.25, -0.2) is 13.6 Å². The van der Waals surface area contributed by atoms with E-state index < -0.39 is 16.1 Å². The van der Waals surface area contributed by atoms with Crippen LogP contribution >= 0.6 is 0 Å². The lowest BCUT2D eigenvalue weighted by Crippen LogP contribution is -2.42. The second-order valence-corrected chi connectivity index (χ2v) is 9.19. The zero-order chi connectivity index (χ0) is 22.3. The van der Waals surface area contributed by atoms with Crippen molar-refractivity contribution in [2.45, 2.75) is 50.5 Å². The van der Waals surface area contributed by atoms with E-state index in [1.165, 1.54) is 23.3 Å². The molecule has 2 aromatic carbocycles. The number of primary sulfonamides is 1. The zero-order valence-electron chi connectivity index (χ0n) is 17.6. The topological polar surface area (TPSA) is 115 Å². The highest BCUT2D eigenvalue weighted by Gasteiger charge is 2.15. The lowest BCUT2D eigenvalue weighted by atomic mass is 9.95. The first-order valence-corrected chi connectivity index (χ1v) is 11.5. The zero-order valence-corrected chi connectivity index (χ0v) is 18.5. The second-order valence-electron chi connectivity index (χ2n) is 7.63. The fourth-order valence-corrected chi connectivity index (χ4v) is 3.80. The summed E-state index contributed by atoms with van der Waals surface area (Å²) in [7, 11) is -3.70. The summed E-state index contributed by atoms with van der Waals surface area (Å²) in [4.78, 5) is 12.4. The molecule has 1 atom stereocenters. The molecule has 2 aromatic rings. The average Bonchev–Trinajstić information content (AvgIpc) is 2.68. The van der Waals surface area contributed by atoms with Crippen molar-refractivity contribution in [3.05, 3.63) is 76.9 Å². The quantitative estimate of drug-likeness (QED) is 0.502. The normalized spacial score (nSPS) is 12.4. The maximum Gasteiger partial charge on any atom is 0.238 e. The fourth-order valence-electron chi connectivity index (χ4n) is 3.29. The number of nitrogens with one attached hydrogen (secondary N) is 1.